The quantitative estimate of drug-likeness (QED) is 0.0213. The lowest BCUT2D eigenvalue weighted by atomic mass is 10.0. The van der Waals surface area contributed by atoms with Gasteiger partial charge in [0.1, 0.15) is 19.3 Å². The van der Waals surface area contributed by atoms with Gasteiger partial charge in [-0.25, -0.2) is 4.57 Å². The van der Waals surface area contributed by atoms with Gasteiger partial charge in [-0.3, -0.25) is 13.8 Å². The van der Waals surface area contributed by atoms with Crippen molar-refractivity contribution >= 4 is 13.8 Å². The lowest BCUT2D eigenvalue weighted by Gasteiger charge is -2.24. The number of likely N-dealkylation sites (N-methyl/N-ethyl adjacent to an activating group) is 1. The van der Waals surface area contributed by atoms with E-state index < -0.39 is 13.9 Å². The molecule has 0 heterocycles. The minimum absolute atomic E-state index is 0.0788. The average molecular weight is 988 g/mol. The molecule has 0 saturated carbocycles. The van der Waals surface area contributed by atoms with E-state index in [1.165, 1.54) is 128 Å². The van der Waals surface area contributed by atoms with Crippen molar-refractivity contribution in [2.24, 2.45) is 0 Å². The van der Waals surface area contributed by atoms with Gasteiger partial charge in [-0.05, 0) is 70.6 Å². The van der Waals surface area contributed by atoms with E-state index in [9.17, 15) is 14.3 Å². The molecule has 0 aliphatic carbocycles. The van der Waals surface area contributed by atoms with Crippen LogP contribution in [0.4, 0.5) is 0 Å². The maximum atomic E-state index is 12.8. The molecular formula is C60H109NO7P+. The molecule has 0 aromatic carbocycles. The second-order valence-corrected chi connectivity index (χ2v) is 21.4. The normalized spacial score (nSPS) is 14.1. The van der Waals surface area contributed by atoms with E-state index in [0.29, 0.717) is 17.6 Å². The number of ether oxygens (including phenoxy) is 2. The first-order valence-corrected chi connectivity index (χ1v) is 29.8. The summed E-state index contributed by atoms with van der Waals surface area (Å²) in [4.78, 5) is 23.1. The van der Waals surface area contributed by atoms with Gasteiger partial charge in [0, 0.05) is 13.0 Å². The van der Waals surface area contributed by atoms with E-state index in [1.807, 2.05) is 21.1 Å². The molecule has 0 rings (SSSR count). The minimum atomic E-state index is -4.30. The highest BCUT2D eigenvalue weighted by Crippen LogP contribution is 2.43. The number of hydrogen-bond donors (Lipinski definition) is 1. The lowest BCUT2D eigenvalue weighted by Crippen LogP contribution is -2.37. The van der Waals surface area contributed by atoms with Crippen molar-refractivity contribution in [1.29, 1.82) is 0 Å². The molecule has 1 N–H and O–H groups in total. The molecule has 0 radical (unpaired) electrons. The molecule has 9 heteroatoms. The zero-order chi connectivity index (χ0) is 50.5. The van der Waals surface area contributed by atoms with Gasteiger partial charge in [0.25, 0.3) is 0 Å². The first-order chi connectivity index (χ1) is 33.6. The van der Waals surface area contributed by atoms with E-state index in [-0.39, 0.29) is 32.2 Å². The summed E-state index contributed by atoms with van der Waals surface area (Å²) in [6, 6.07) is 0. The molecule has 0 aromatic rings. The van der Waals surface area contributed by atoms with Gasteiger partial charge >= 0.3 is 13.8 Å². The Labute approximate surface area is 426 Å². The van der Waals surface area contributed by atoms with Crippen LogP contribution in [0.2, 0.25) is 0 Å². The molecule has 2 unspecified atom stereocenters. The topological polar surface area (TPSA) is 91.3 Å². The zero-order valence-corrected chi connectivity index (χ0v) is 46.4. The molecule has 0 bridgehead atoms. The van der Waals surface area contributed by atoms with Gasteiger partial charge in [-0.2, -0.15) is 0 Å². The van der Waals surface area contributed by atoms with Gasteiger partial charge in [0.15, 0.2) is 0 Å². The third-order valence-corrected chi connectivity index (χ3v) is 13.0. The summed E-state index contributed by atoms with van der Waals surface area (Å²) in [7, 11) is 1.64. The number of hydrogen-bond acceptors (Lipinski definition) is 6. The molecule has 0 spiro atoms. The number of phosphoric acid groups is 1. The maximum absolute atomic E-state index is 12.8. The summed E-state index contributed by atoms with van der Waals surface area (Å²) < 4.78 is 35.2. The monoisotopic (exact) mass is 987 g/mol. The largest absolute Gasteiger partial charge is 0.472 e. The van der Waals surface area contributed by atoms with Crippen LogP contribution in [0.15, 0.2) is 85.1 Å². The number of esters is 1. The predicted molar refractivity (Wildman–Crippen MR) is 298 cm³/mol. The summed E-state index contributed by atoms with van der Waals surface area (Å²) in [6.45, 7) is 5.49. The van der Waals surface area contributed by atoms with Crippen LogP contribution in [0.5, 0.6) is 0 Å². The number of phosphoric ester groups is 1. The third-order valence-electron chi connectivity index (χ3n) is 12.0. The Morgan fingerprint density at radius 3 is 1.25 bits per heavy atom. The van der Waals surface area contributed by atoms with Gasteiger partial charge in [-0.15, -0.1) is 0 Å². The Balaban J connectivity index is 4.18. The summed E-state index contributed by atoms with van der Waals surface area (Å²) in [5.74, 6) is -0.344. The molecule has 400 valence electrons. The van der Waals surface area contributed by atoms with Crippen LogP contribution < -0.4 is 0 Å². The number of nitrogens with zero attached hydrogens (tertiary/aromatic N) is 1. The van der Waals surface area contributed by atoms with E-state index >= 15 is 0 Å². The van der Waals surface area contributed by atoms with E-state index in [4.69, 9.17) is 18.5 Å². The molecule has 0 aromatic heterocycles. The molecule has 69 heavy (non-hydrogen) atoms. The molecule has 8 nitrogen and oxygen atoms in total. The predicted octanol–water partition coefficient (Wildman–Crippen LogP) is 18.0. The molecule has 0 saturated heterocycles. The van der Waals surface area contributed by atoms with Crippen molar-refractivity contribution in [3.63, 3.8) is 0 Å². The standard InChI is InChI=1S/C60H108NO7P/c1-6-8-10-12-14-16-18-20-22-24-26-28-30-31-32-33-35-37-39-41-43-45-47-49-51-53-60(62)68-59(58-67-69(63,64)66-56-54-61(3,4)5)57-65-55-52-50-48-46-44-42-40-38-36-34-29-27-25-23-21-19-17-15-13-11-9-7-2/h8,10,14,16,20,22,26,28,31-32,35,37,41,43,59H,6-7,9,11-13,15,17-19,21,23-25,27,29-30,33-34,36,38-40,42,44-58H2,1-5H3/p+1/b10-8-,16-14-,22-20-,28-26-,32-31-,37-35-,43-41-. The fourth-order valence-corrected chi connectivity index (χ4v) is 8.39. The SMILES string of the molecule is CC/C=C\C/C=C\C/C=C\C/C=C\C/C=C\C/C=C\C/C=C\CCCCCC(=O)OC(COCCCCCCCCCCCCCCCCCCCCCCCC)COP(=O)(O)OCC[N+](C)(C)C. The molecule has 0 amide bonds. The number of carbonyl (C=O) groups excluding carboxylic acids is 1. The molecule has 0 aliphatic rings. The number of unbranched alkanes of at least 4 members (excludes halogenated alkanes) is 24. The van der Waals surface area contributed by atoms with Crippen molar-refractivity contribution in [1.82, 2.24) is 0 Å². The number of rotatable bonds is 52. The number of carbonyl (C=O) groups is 1. The Hall–Kier alpha value is -2.32. The van der Waals surface area contributed by atoms with Gasteiger partial charge in [0.05, 0.1) is 34.4 Å². The first-order valence-electron chi connectivity index (χ1n) is 28.3. The molecule has 0 fully saturated rings. The fourth-order valence-electron chi connectivity index (χ4n) is 7.65. The van der Waals surface area contributed by atoms with Crippen LogP contribution in [-0.2, 0) is 27.9 Å². The zero-order valence-electron chi connectivity index (χ0n) is 45.5. The van der Waals surface area contributed by atoms with Crippen molar-refractivity contribution in [2.45, 2.75) is 238 Å². The Bertz CT molecular complexity index is 1380. The van der Waals surface area contributed by atoms with Crippen LogP contribution in [0, 0.1) is 0 Å². The van der Waals surface area contributed by atoms with Gasteiger partial charge in [0.2, 0.25) is 0 Å². The van der Waals surface area contributed by atoms with E-state index in [1.54, 1.807) is 0 Å². The highest BCUT2D eigenvalue weighted by molar-refractivity contribution is 7.47. The molecule has 0 aliphatic heterocycles. The maximum Gasteiger partial charge on any atom is 0.472 e. The van der Waals surface area contributed by atoms with Crippen LogP contribution in [0.3, 0.4) is 0 Å². The molecule has 2 atom stereocenters. The van der Waals surface area contributed by atoms with Crippen molar-refractivity contribution in [2.75, 3.05) is 54.1 Å². The summed E-state index contributed by atoms with van der Waals surface area (Å²) in [5.41, 5.74) is 0. The van der Waals surface area contributed by atoms with Gasteiger partial charge in [-0.1, -0.05) is 240 Å². The third kappa shape index (κ3) is 56.5. The number of quaternary nitrogens is 1. The van der Waals surface area contributed by atoms with Crippen LogP contribution >= 0.6 is 7.82 Å². The summed E-state index contributed by atoms with van der Waals surface area (Å²) in [6.07, 6.45) is 70.8. The van der Waals surface area contributed by atoms with Crippen LogP contribution in [0.25, 0.3) is 0 Å². The summed E-state index contributed by atoms with van der Waals surface area (Å²) in [5, 5.41) is 0. The number of allylic oxidation sites excluding steroid dienone is 14. The Morgan fingerprint density at radius 2 is 0.841 bits per heavy atom. The van der Waals surface area contributed by atoms with E-state index in [2.05, 4.69) is 98.9 Å². The Morgan fingerprint density at radius 1 is 0.464 bits per heavy atom. The van der Waals surface area contributed by atoms with Crippen molar-refractivity contribution in [3.8, 4) is 0 Å². The fraction of sp³-hybridized carbons (Fsp3) is 0.750. The summed E-state index contributed by atoms with van der Waals surface area (Å²) >= 11 is 0. The lowest BCUT2D eigenvalue weighted by molar-refractivity contribution is -0.870. The van der Waals surface area contributed by atoms with Crippen LogP contribution in [0.1, 0.15) is 232 Å². The highest BCUT2D eigenvalue weighted by atomic mass is 31.2. The average Bonchev–Trinajstić information content (AvgIpc) is 3.31. The van der Waals surface area contributed by atoms with E-state index in [0.717, 1.165) is 83.5 Å². The molecular weight excluding hydrogens is 878 g/mol. The van der Waals surface area contributed by atoms with Crippen molar-refractivity contribution < 1.29 is 37.3 Å². The first kappa shape index (κ1) is 66.7. The smallest absolute Gasteiger partial charge is 0.457 e. The second-order valence-electron chi connectivity index (χ2n) is 19.9. The van der Waals surface area contributed by atoms with Gasteiger partial charge < -0.3 is 18.9 Å². The van der Waals surface area contributed by atoms with Crippen molar-refractivity contribution in [3.05, 3.63) is 85.1 Å². The van der Waals surface area contributed by atoms with Crippen LogP contribution in [-0.4, -0.2) is 75.6 Å². The second kappa shape index (κ2) is 52.0. The Kier molecular flexibility index (Phi) is 50.3. The highest BCUT2D eigenvalue weighted by Gasteiger charge is 2.26. The minimum Gasteiger partial charge on any atom is -0.457 e.